The molecule has 0 spiro atoms. The summed E-state index contributed by atoms with van der Waals surface area (Å²) in [6, 6.07) is 19.4. The molecule has 9 nitrogen and oxygen atoms in total. The maximum atomic E-state index is 12.5. The van der Waals surface area contributed by atoms with Gasteiger partial charge < -0.3 is 15.1 Å². The number of aromatic nitrogens is 4. The normalized spacial score (nSPS) is 13.8. The van der Waals surface area contributed by atoms with Crippen LogP contribution in [0.25, 0.3) is 0 Å². The summed E-state index contributed by atoms with van der Waals surface area (Å²) < 4.78 is 0. The molecule has 0 unspecified atom stereocenters. The summed E-state index contributed by atoms with van der Waals surface area (Å²) in [6.07, 6.45) is 1.94. The molecule has 1 aliphatic heterocycles. The summed E-state index contributed by atoms with van der Waals surface area (Å²) in [6.45, 7) is 3.21. The van der Waals surface area contributed by atoms with E-state index in [-0.39, 0.29) is 11.7 Å². The predicted molar refractivity (Wildman–Crippen MR) is 146 cm³/mol. The molecule has 5 rings (SSSR count). The third-order valence-corrected chi connectivity index (χ3v) is 7.84. The van der Waals surface area contributed by atoms with Gasteiger partial charge in [0.25, 0.3) is 0 Å². The van der Waals surface area contributed by atoms with E-state index in [1.807, 2.05) is 60.7 Å². The van der Waals surface area contributed by atoms with Gasteiger partial charge in [-0.2, -0.15) is 0 Å². The molecule has 190 valence electrons. The first-order chi connectivity index (χ1) is 18.1. The summed E-state index contributed by atoms with van der Waals surface area (Å²) in [5, 5.41) is 22.9. The van der Waals surface area contributed by atoms with E-state index in [0.717, 1.165) is 59.0 Å². The predicted octanol–water partition coefficient (Wildman–Crippen LogP) is 3.64. The topological polar surface area (TPSA) is 104 Å². The van der Waals surface area contributed by atoms with E-state index in [4.69, 9.17) is 0 Å². The molecular weight excluding hydrogens is 506 g/mol. The second-order valence-electron chi connectivity index (χ2n) is 8.78. The van der Waals surface area contributed by atoms with Crippen molar-refractivity contribution in [3.8, 4) is 0 Å². The first-order valence-electron chi connectivity index (χ1n) is 12.2. The Labute approximate surface area is 223 Å². The lowest BCUT2D eigenvalue weighted by atomic mass is 10.1. The van der Waals surface area contributed by atoms with Crippen LogP contribution in [0.1, 0.15) is 22.6 Å². The molecule has 3 heterocycles. The first-order valence-corrected chi connectivity index (χ1v) is 13.8. The second-order valence-corrected chi connectivity index (χ2v) is 10.8. The van der Waals surface area contributed by atoms with E-state index in [1.165, 1.54) is 22.7 Å². The summed E-state index contributed by atoms with van der Waals surface area (Å²) in [5.74, 6) is 0.0316. The van der Waals surface area contributed by atoms with Gasteiger partial charge >= 0.3 is 0 Å². The molecule has 1 fully saturated rings. The maximum absolute atomic E-state index is 12.5. The van der Waals surface area contributed by atoms with Crippen molar-refractivity contribution in [2.24, 2.45) is 0 Å². The van der Waals surface area contributed by atoms with E-state index in [2.05, 4.69) is 35.5 Å². The molecule has 37 heavy (non-hydrogen) atoms. The van der Waals surface area contributed by atoms with Gasteiger partial charge in [0.05, 0.1) is 12.8 Å². The molecule has 4 aromatic rings. The van der Waals surface area contributed by atoms with Crippen molar-refractivity contribution < 1.29 is 9.59 Å². The second kappa shape index (κ2) is 12.0. The lowest BCUT2D eigenvalue weighted by Gasteiger charge is -2.20. The zero-order valence-electron chi connectivity index (χ0n) is 20.2. The molecule has 0 saturated carbocycles. The van der Waals surface area contributed by atoms with Crippen LogP contribution in [0.3, 0.4) is 0 Å². The minimum Gasteiger partial charge on any atom is -0.345 e. The zero-order valence-corrected chi connectivity index (χ0v) is 21.9. The largest absolute Gasteiger partial charge is 0.345 e. The standard InChI is InChI=1S/C26H27N7O2S2/c34-21(16-19-8-3-1-4-9-19)18-23-28-30-25(36-23)32-12-7-13-33(15-14-32)26-31-29-24(37-26)27-22(35)17-20-10-5-2-6-11-20/h1-6,8-11H,7,12-18H2,(H,27,29,35). The van der Waals surface area contributed by atoms with E-state index < -0.39 is 0 Å². The van der Waals surface area contributed by atoms with Gasteiger partial charge in [-0.25, -0.2) is 0 Å². The smallest absolute Gasteiger partial charge is 0.230 e. The fraction of sp³-hybridized carbons (Fsp3) is 0.308. The van der Waals surface area contributed by atoms with Crippen molar-refractivity contribution in [2.45, 2.75) is 25.7 Å². The Balaban J connectivity index is 1.12. The monoisotopic (exact) mass is 533 g/mol. The molecular formula is C26H27N7O2S2. The number of amides is 1. The van der Waals surface area contributed by atoms with E-state index in [9.17, 15) is 9.59 Å². The fourth-order valence-electron chi connectivity index (χ4n) is 4.14. The third kappa shape index (κ3) is 6.95. The highest BCUT2D eigenvalue weighted by atomic mass is 32.1. The number of carbonyl (C=O) groups is 2. The van der Waals surface area contributed by atoms with Gasteiger partial charge in [0.2, 0.25) is 21.3 Å². The minimum atomic E-state index is -0.106. The average Bonchev–Trinajstić information content (AvgIpc) is 3.48. The van der Waals surface area contributed by atoms with E-state index in [0.29, 0.717) is 24.4 Å². The molecule has 0 aliphatic carbocycles. The molecule has 1 saturated heterocycles. The maximum Gasteiger partial charge on any atom is 0.230 e. The number of hydrogen-bond donors (Lipinski definition) is 1. The van der Waals surface area contributed by atoms with Crippen LogP contribution < -0.4 is 15.1 Å². The van der Waals surface area contributed by atoms with Crippen LogP contribution in [0.2, 0.25) is 0 Å². The van der Waals surface area contributed by atoms with Crippen LogP contribution in [-0.2, 0) is 28.9 Å². The molecule has 0 bridgehead atoms. The Morgan fingerprint density at radius 3 is 1.97 bits per heavy atom. The molecule has 2 aromatic heterocycles. The van der Waals surface area contributed by atoms with Gasteiger partial charge in [-0.3, -0.25) is 9.59 Å². The number of anilines is 3. The highest BCUT2D eigenvalue weighted by Crippen LogP contribution is 2.27. The van der Waals surface area contributed by atoms with Crippen LogP contribution in [0.4, 0.5) is 15.4 Å². The van der Waals surface area contributed by atoms with Crippen molar-refractivity contribution in [3.05, 3.63) is 76.8 Å². The average molecular weight is 534 g/mol. The van der Waals surface area contributed by atoms with Gasteiger partial charge in [0.15, 0.2) is 0 Å². The first kappa shape index (κ1) is 25.0. The number of nitrogens with one attached hydrogen (secondary N) is 1. The van der Waals surface area contributed by atoms with Crippen LogP contribution >= 0.6 is 22.7 Å². The van der Waals surface area contributed by atoms with E-state index >= 15 is 0 Å². The Kier molecular flexibility index (Phi) is 8.11. The lowest BCUT2D eigenvalue weighted by Crippen LogP contribution is -2.30. The van der Waals surface area contributed by atoms with E-state index in [1.54, 1.807) is 0 Å². The summed E-state index contributed by atoms with van der Waals surface area (Å²) in [4.78, 5) is 29.2. The number of hydrogen-bond acceptors (Lipinski definition) is 10. The third-order valence-electron chi connectivity index (χ3n) is 5.95. The molecule has 0 radical (unpaired) electrons. The lowest BCUT2D eigenvalue weighted by molar-refractivity contribution is -0.118. The molecule has 1 N–H and O–H groups in total. The molecule has 11 heteroatoms. The molecule has 0 atom stereocenters. The van der Waals surface area contributed by atoms with Crippen molar-refractivity contribution >= 4 is 49.8 Å². The fourth-order valence-corrected chi connectivity index (χ4v) is 5.87. The number of benzene rings is 2. The Hall–Kier alpha value is -3.70. The molecule has 1 aliphatic rings. The summed E-state index contributed by atoms with van der Waals surface area (Å²) in [5.41, 5.74) is 1.97. The molecule has 1 amide bonds. The summed E-state index contributed by atoms with van der Waals surface area (Å²) >= 11 is 2.87. The number of rotatable bonds is 9. The van der Waals surface area contributed by atoms with Crippen molar-refractivity contribution in [1.29, 1.82) is 0 Å². The van der Waals surface area contributed by atoms with Gasteiger partial charge in [0, 0.05) is 32.6 Å². The summed E-state index contributed by atoms with van der Waals surface area (Å²) in [7, 11) is 0. The van der Waals surface area contributed by atoms with Gasteiger partial charge in [0.1, 0.15) is 10.8 Å². The SMILES string of the molecule is O=C(Cc1ccccc1)Cc1nnc(N2CCCN(c3nnc(NC(=O)Cc4ccccc4)s3)CC2)s1. The number of ketones is 1. The minimum absolute atomic E-state index is 0.106. The highest BCUT2D eigenvalue weighted by Gasteiger charge is 2.22. The number of carbonyl (C=O) groups excluding carboxylic acids is 2. The van der Waals surface area contributed by atoms with Crippen LogP contribution in [-0.4, -0.2) is 58.3 Å². The Morgan fingerprint density at radius 2 is 1.30 bits per heavy atom. The Bertz CT molecular complexity index is 1230. The van der Waals surface area contributed by atoms with Gasteiger partial charge in [-0.15, -0.1) is 20.4 Å². The number of nitrogens with zero attached hydrogens (tertiary/aromatic N) is 6. The van der Waals surface area contributed by atoms with Gasteiger partial charge in [-0.05, 0) is 17.5 Å². The van der Waals surface area contributed by atoms with Crippen LogP contribution in [0.5, 0.6) is 0 Å². The van der Waals surface area contributed by atoms with Crippen molar-refractivity contribution in [2.75, 3.05) is 41.3 Å². The molecule has 2 aromatic carbocycles. The van der Waals surface area contributed by atoms with Gasteiger partial charge in [-0.1, -0.05) is 83.3 Å². The van der Waals surface area contributed by atoms with Crippen molar-refractivity contribution in [1.82, 2.24) is 20.4 Å². The zero-order chi connectivity index (χ0) is 25.5. The Morgan fingerprint density at radius 1 is 0.703 bits per heavy atom. The van der Waals surface area contributed by atoms with Crippen LogP contribution in [0, 0.1) is 0 Å². The quantitative estimate of drug-likeness (QED) is 0.348. The number of Topliss-reactive ketones (excluding diaryl/α,β-unsaturated/α-hetero) is 1. The highest BCUT2D eigenvalue weighted by molar-refractivity contribution is 7.19. The van der Waals surface area contributed by atoms with Crippen molar-refractivity contribution in [3.63, 3.8) is 0 Å². The van der Waals surface area contributed by atoms with Crippen LogP contribution in [0.15, 0.2) is 60.7 Å².